The smallest absolute Gasteiger partial charge is 0.256 e. The Morgan fingerprint density at radius 1 is 1.03 bits per heavy atom. The van der Waals surface area contributed by atoms with Gasteiger partial charge in [0.05, 0.1) is 5.56 Å². The predicted molar refractivity (Wildman–Crippen MR) is 123 cm³/mol. The lowest BCUT2D eigenvalue weighted by Gasteiger charge is -2.31. The summed E-state index contributed by atoms with van der Waals surface area (Å²) in [6.07, 6.45) is 3.48. The molecule has 2 aromatic carbocycles. The molecule has 30 heavy (non-hydrogen) atoms. The van der Waals surface area contributed by atoms with Gasteiger partial charge >= 0.3 is 0 Å². The van der Waals surface area contributed by atoms with E-state index in [1.807, 2.05) is 61.2 Å². The monoisotopic (exact) mass is 427 g/mol. The summed E-state index contributed by atoms with van der Waals surface area (Å²) in [5.74, 6) is -0.322. The molecule has 160 valence electrons. The number of amides is 2. The first-order valence-electron chi connectivity index (χ1n) is 10.7. The van der Waals surface area contributed by atoms with Crippen LogP contribution in [0.15, 0.2) is 48.5 Å². The van der Waals surface area contributed by atoms with Crippen molar-refractivity contribution in [2.45, 2.75) is 38.5 Å². The first-order valence-corrected chi connectivity index (χ1v) is 11.2. The molecule has 1 fully saturated rings. The van der Waals surface area contributed by atoms with Gasteiger partial charge < -0.3 is 15.1 Å². The second kappa shape index (κ2) is 10.5. The van der Waals surface area contributed by atoms with Crippen molar-refractivity contribution < 1.29 is 9.59 Å². The Balaban J connectivity index is 1.87. The van der Waals surface area contributed by atoms with Gasteiger partial charge in [0.15, 0.2) is 0 Å². The third kappa shape index (κ3) is 5.14. The second-order valence-electron chi connectivity index (χ2n) is 7.52. The fourth-order valence-electron chi connectivity index (χ4n) is 3.86. The quantitative estimate of drug-likeness (QED) is 0.627. The molecule has 1 atom stereocenters. The normalized spacial score (nSPS) is 14.8. The first kappa shape index (κ1) is 22.2. The topological polar surface area (TPSA) is 52.7 Å². The molecule has 6 heteroatoms. The van der Waals surface area contributed by atoms with E-state index < -0.39 is 5.38 Å². The number of carbonyl (C=O) groups excluding carboxylic acids is 2. The van der Waals surface area contributed by atoms with Gasteiger partial charge in [-0.05, 0) is 56.9 Å². The largest absolute Gasteiger partial charge is 0.371 e. The van der Waals surface area contributed by atoms with Crippen LogP contribution >= 0.6 is 11.6 Å². The SMILES string of the molecule is CCN(CC)C(=O)c1cc(NC(=O)[C@H](Cl)c2ccccc2)ccc1N1CCCCC1. The van der Waals surface area contributed by atoms with Gasteiger partial charge in [0, 0.05) is 37.6 Å². The summed E-state index contributed by atoms with van der Waals surface area (Å²) < 4.78 is 0. The number of carbonyl (C=O) groups is 2. The van der Waals surface area contributed by atoms with Crippen molar-refractivity contribution in [3.63, 3.8) is 0 Å². The summed E-state index contributed by atoms with van der Waals surface area (Å²) in [5.41, 5.74) is 2.89. The van der Waals surface area contributed by atoms with E-state index in [-0.39, 0.29) is 11.8 Å². The van der Waals surface area contributed by atoms with E-state index in [9.17, 15) is 9.59 Å². The molecule has 0 aliphatic carbocycles. The summed E-state index contributed by atoms with van der Waals surface area (Å²) in [7, 11) is 0. The molecular formula is C24H30ClN3O2. The van der Waals surface area contributed by atoms with Crippen LogP contribution in [0.25, 0.3) is 0 Å². The van der Waals surface area contributed by atoms with Gasteiger partial charge in [0.1, 0.15) is 5.38 Å². The lowest BCUT2D eigenvalue weighted by molar-refractivity contribution is -0.116. The average molecular weight is 428 g/mol. The van der Waals surface area contributed by atoms with Crippen LogP contribution in [0.1, 0.15) is 54.4 Å². The lowest BCUT2D eigenvalue weighted by Crippen LogP contribution is -2.35. The number of hydrogen-bond acceptors (Lipinski definition) is 3. The molecule has 1 aliphatic rings. The van der Waals surface area contributed by atoms with E-state index in [2.05, 4.69) is 10.2 Å². The molecule has 0 radical (unpaired) electrons. The number of piperidine rings is 1. The Morgan fingerprint density at radius 2 is 1.70 bits per heavy atom. The Morgan fingerprint density at radius 3 is 2.33 bits per heavy atom. The molecule has 1 aliphatic heterocycles. The molecule has 0 saturated carbocycles. The van der Waals surface area contributed by atoms with Crippen LogP contribution in [0.2, 0.25) is 0 Å². The molecule has 0 spiro atoms. The van der Waals surface area contributed by atoms with Crippen molar-refractivity contribution in [1.82, 2.24) is 4.90 Å². The summed E-state index contributed by atoms with van der Waals surface area (Å²) in [5, 5.41) is 2.08. The molecule has 1 heterocycles. The number of hydrogen-bond donors (Lipinski definition) is 1. The molecule has 3 rings (SSSR count). The maximum atomic E-state index is 13.2. The van der Waals surface area contributed by atoms with Gasteiger partial charge in [-0.2, -0.15) is 0 Å². The number of nitrogens with zero attached hydrogens (tertiary/aromatic N) is 2. The van der Waals surface area contributed by atoms with Gasteiger partial charge in [0.2, 0.25) is 5.91 Å². The average Bonchev–Trinajstić information content (AvgIpc) is 2.80. The maximum Gasteiger partial charge on any atom is 0.256 e. The molecular weight excluding hydrogens is 398 g/mol. The lowest BCUT2D eigenvalue weighted by atomic mass is 10.0. The minimum Gasteiger partial charge on any atom is -0.371 e. The van der Waals surface area contributed by atoms with Gasteiger partial charge in [0.25, 0.3) is 5.91 Å². The van der Waals surface area contributed by atoms with Gasteiger partial charge in [-0.1, -0.05) is 30.3 Å². The molecule has 0 unspecified atom stereocenters. The molecule has 2 aromatic rings. The molecule has 1 N–H and O–H groups in total. The summed E-state index contributed by atoms with van der Waals surface area (Å²) >= 11 is 6.36. The summed E-state index contributed by atoms with van der Waals surface area (Å²) in [6, 6.07) is 14.8. The number of nitrogens with one attached hydrogen (secondary N) is 1. The molecule has 5 nitrogen and oxygen atoms in total. The molecule has 0 aromatic heterocycles. The third-order valence-electron chi connectivity index (χ3n) is 5.56. The minimum atomic E-state index is -0.796. The van der Waals surface area contributed by atoms with Crippen molar-refractivity contribution in [3.05, 3.63) is 59.7 Å². The Labute approximate surface area is 184 Å². The van der Waals surface area contributed by atoms with E-state index in [0.29, 0.717) is 24.3 Å². The number of benzene rings is 2. The van der Waals surface area contributed by atoms with Crippen LogP contribution in [-0.4, -0.2) is 42.9 Å². The van der Waals surface area contributed by atoms with Crippen LogP contribution in [0.4, 0.5) is 11.4 Å². The highest BCUT2D eigenvalue weighted by molar-refractivity contribution is 6.32. The maximum absolute atomic E-state index is 13.2. The van der Waals surface area contributed by atoms with Crippen LogP contribution in [-0.2, 0) is 4.79 Å². The fraction of sp³-hybridized carbons (Fsp3) is 0.417. The van der Waals surface area contributed by atoms with E-state index in [1.165, 1.54) is 6.42 Å². The zero-order valence-corrected chi connectivity index (χ0v) is 18.5. The standard InChI is InChI=1S/C24H30ClN3O2/c1-3-27(4-2)24(30)20-17-19(13-14-21(20)28-15-9-6-10-16-28)26-23(29)22(25)18-11-7-5-8-12-18/h5,7-8,11-14,17,22H,3-4,6,9-10,15-16H2,1-2H3,(H,26,29)/t22-/m1/s1. The summed E-state index contributed by atoms with van der Waals surface area (Å²) in [4.78, 5) is 30.0. The van der Waals surface area contributed by atoms with Crippen LogP contribution in [0.3, 0.4) is 0 Å². The summed E-state index contributed by atoms with van der Waals surface area (Å²) in [6.45, 7) is 7.13. The van der Waals surface area contributed by atoms with Gasteiger partial charge in [-0.15, -0.1) is 11.6 Å². The van der Waals surface area contributed by atoms with Gasteiger partial charge in [-0.25, -0.2) is 0 Å². The zero-order chi connectivity index (χ0) is 21.5. The zero-order valence-electron chi connectivity index (χ0n) is 17.7. The van der Waals surface area contributed by atoms with Crippen LogP contribution < -0.4 is 10.2 Å². The Hall–Kier alpha value is -2.53. The fourth-order valence-corrected chi connectivity index (χ4v) is 4.06. The third-order valence-corrected chi connectivity index (χ3v) is 6.01. The van der Waals surface area contributed by atoms with Crippen molar-refractivity contribution in [2.75, 3.05) is 36.4 Å². The van der Waals surface area contributed by atoms with E-state index in [0.717, 1.165) is 37.2 Å². The van der Waals surface area contributed by atoms with E-state index >= 15 is 0 Å². The molecule has 2 amide bonds. The first-order chi connectivity index (χ1) is 14.5. The number of anilines is 2. The van der Waals surface area contributed by atoms with Crippen molar-refractivity contribution in [1.29, 1.82) is 0 Å². The van der Waals surface area contributed by atoms with Crippen LogP contribution in [0.5, 0.6) is 0 Å². The predicted octanol–water partition coefficient (Wildman–Crippen LogP) is 5.08. The van der Waals surface area contributed by atoms with E-state index in [1.54, 1.807) is 6.07 Å². The van der Waals surface area contributed by atoms with Crippen molar-refractivity contribution >= 4 is 34.8 Å². The molecule has 0 bridgehead atoms. The highest BCUT2D eigenvalue weighted by Gasteiger charge is 2.23. The Kier molecular flexibility index (Phi) is 7.75. The van der Waals surface area contributed by atoms with E-state index in [4.69, 9.17) is 11.6 Å². The Bertz CT molecular complexity index is 862. The number of alkyl halides is 1. The van der Waals surface area contributed by atoms with Crippen molar-refractivity contribution in [3.8, 4) is 0 Å². The number of rotatable bonds is 7. The highest BCUT2D eigenvalue weighted by atomic mass is 35.5. The number of halogens is 1. The van der Waals surface area contributed by atoms with Crippen molar-refractivity contribution in [2.24, 2.45) is 0 Å². The highest BCUT2D eigenvalue weighted by Crippen LogP contribution is 2.29. The van der Waals surface area contributed by atoms with Crippen LogP contribution in [0, 0.1) is 0 Å². The minimum absolute atomic E-state index is 0.0119. The molecule has 1 saturated heterocycles. The van der Waals surface area contributed by atoms with Gasteiger partial charge in [-0.3, -0.25) is 9.59 Å². The second-order valence-corrected chi connectivity index (χ2v) is 7.96.